The number of nitrogens with one attached hydrogen (secondary N) is 2. The number of nitrogens with zero attached hydrogens (tertiary/aromatic N) is 1. The number of H-pyrrole nitrogens is 1. The van der Waals surface area contributed by atoms with Crippen molar-refractivity contribution in [2.75, 3.05) is 17.8 Å². The minimum atomic E-state index is -1.09. The van der Waals surface area contributed by atoms with Crippen LogP contribution in [0.3, 0.4) is 0 Å². The Labute approximate surface area is 124 Å². The van der Waals surface area contributed by atoms with Crippen LogP contribution in [0.25, 0.3) is 11.4 Å². The molecule has 0 amide bonds. The number of carbonyl (C=O) groups is 1. The number of anilines is 2. The van der Waals surface area contributed by atoms with Crippen molar-refractivity contribution in [3.63, 3.8) is 0 Å². The lowest BCUT2D eigenvalue weighted by Gasteiger charge is -2.12. The van der Waals surface area contributed by atoms with Crippen molar-refractivity contribution in [3.8, 4) is 17.1 Å². The highest BCUT2D eigenvalue weighted by molar-refractivity contribution is 5.89. The van der Waals surface area contributed by atoms with Crippen molar-refractivity contribution in [2.24, 2.45) is 5.84 Å². The minimum absolute atomic E-state index is 0.0171. The molecule has 0 saturated heterocycles. The van der Waals surface area contributed by atoms with Crippen LogP contribution in [0.2, 0.25) is 0 Å². The molecule has 1 aromatic carbocycles. The number of benzene rings is 1. The number of carboxylic acid groups (broad SMARTS) is 1. The van der Waals surface area contributed by atoms with Crippen molar-refractivity contribution in [1.29, 1.82) is 0 Å². The van der Waals surface area contributed by atoms with Gasteiger partial charge in [0, 0.05) is 0 Å². The highest BCUT2D eigenvalue weighted by Gasteiger charge is 2.15. The zero-order chi connectivity index (χ0) is 16.3. The first-order valence-corrected chi connectivity index (χ1v) is 6.34. The van der Waals surface area contributed by atoms with E-state index in [0.29, 0.717) is 12.2 Å². The number of hydrogen-bond acceptors (Lipinski definition) is 7. The first kappa shape index (κ1) is 15.3. The summed E-state index contributed by atoms with van der Waals surface area (Å²) in [5, 5.41) is 9.03. The average molecular weight is 305 g/mol. The molecular weight excluding hydrogens is 290 g/mol. The number of aromatic carboxylic acids is 1. The standard InChI is InChI=1S/C13H15N5O4/c1-2-22-8-5-6(13(20)21)3-4-7(8)10-16-11(18-15)9(14)12(19)17-10/h3-5H,2,14-15H2,1H3,(H,20,21)(H2,16,17,18,19). The smallest absolute Gasteiger partial charge is 0.335 e. The maximum atomic E-state index is 11.8. The Morgan fingerprint density at radius 3 is 2.82 bits per heavy atom. The summed E-state index contributed by atoms with van der Waals surface area (Å²) in [6.45, 7) is 2.07. The molecule has 1 heterocycles. The third-order valence-corrected chi connectivity index (χ3v) is 2.88. The molecule has 22 heavy (non-hydrogen) atoms. The number of aromatic nitrogens is 2. The van der Waals surface area contributed by atoms with Gasteiger partial charge >= 0.3 is 5.97 Å². The van der Waals surface area contributed by atoms with Crippen LogP contribution < -0.4 is 27.3 Å². The topological polar surface area (TPSA) is 156 Å². The van der Waals surface area contributed by atoms with Crippen molar-refractivity contribution < 1.29 is 14.6 Å². The van der Waals surface area contributed by atoms with Crippen LogP contribution in [-0.2, 0) is 0 Å². The minimum Gasteiger partial charge on any atom is -0.493 e. The van der Waals surface area contributed by atoms with Crippen LogP contribution in [0, 0.1) is 0 Å². The van der Waals surface area contributed by atoms with Gasteiger partial charge in [-0.05, 0) is 25.1 Å². The van der Waals surface area contributed by atoms with Crippen LogP contribution in [-0.4, -0.2) is 27.7 Å². The zero-order valence-corrected chi connectivity index (χ0v) is 11.7. The Hall–Kier alpha value is -3.07. The number of nitrogen functional groups attached to an aromatic ring is 2. The first-order valence-electron chi connectivity index (χ1n) is 6.34. The normalized spacial score (nSPS) is 10.3. The molecule has 9 heteroatoms. The number of ether oxygens (including phenoxy) is 1. The van der Waals surface area contributed by atoms with E-state index < -0.39 is 11.5 Å². The molecule has 0 radical (unpaired) electrons. The van der Waals surface area contributed by atoms with Gasteiger partial charge in [-0.15, -0.1) is 0 Å². The van der Waals surface area contributed by atoms with Gasteiger partial charge in [0.25, 0.3) is 5.56 Å². The zero-order valence-electron chi connectivity index (χ0n) is 11.7. The molecule has 2 rings (SSSR count). The summed E-state index contributed by atoms with van der Waals surface area (Å²) in [5.74, 6) is 4.64. The predicted octanol–water partition coefficient (Wildman–Crippen LogP) is 0.402. The largest absolute Gasteiger partial charge is 0.493 e. The molecule has 0 atom stereocenters. The Kier molecular flexibility index (Phi) is 4.28. The molecule has 0 fully saturated rings. The summed E-state index contributed by atoms with van der Waals surface area (Å²) in [6.07, 6.45) is 0. The number of nitrogens with two attached hydrogens (primary N) is 2. The van der Waals surface area contributed by atoms with Gasteiger partial charge in [-0.3, -0.25) is 4.79 Å². The molecule has 0 aliphatic carbocycles. The molecule has 0 bridgehead atoms. The fourth-order valence-electron chi connectivity index (χ4n) is 1.85. The van der Waals surface area contributed by atoms with E-state index in [-0.39, 0.29) is 28.6 Å². The van der Waals surface area contributed by atoms with Crippen LogP contribution in [0.15, 0.2) is 23.0 Å². The van der Waals surface area contributed by atoms with Gasteiger partial charge in [-0.2, -0.15) is 0 Å². The molecule has 116 valence electrons. The fraction of sp³-hybridized carbons (Fsp3) is 0.154. The molecule has 0 saturated carbocycles. The van der Waals surface area contributed by atoms with E-state index in [4.69, 9.17) is 21.4 Å². The molecule has 1 aromatic heterocycles. The van der Waals surface area contributed by atoms with Crippen molar-refractivity contribution in [3.05, 3.63) is 34.1 Å². The van der Waals surface area contributed by atoms with Gasteiger partial charge in [0.2, 0.25) is 0 Å². The van der Waals surface area contributed by atoms with E-state index in [1.807, 2.05) is 0 Å². The highest BCUT2D eigenvalue weighted by atomic mass is 16.5. The number of rotatable bonds is 5. The third-order valence-electron chi connectivity index (χ3n) is 2.88. The van der Waals surface area contributed by atoms with Crippen LogP contribution in [0.1, 0.15) is 17.3 Å². The van der Waals surface area contributed by atoms with Crippen LogP contribution in [0.4, 0.5) is 11.5 Å². The summed E-state index contributed by atoms with van der Waals surface area (Å²) in [4.78, 5) is 29.4. The van der Waals surface area contributed by atoms with E-state index in [1.165, 1.54) is 18.2 Å². The Bertz CT molecular complexity index is 772. The number of hydrogen-bond donors (Lipinski definition) is 5. The van der Waals surface area contributed by atoms with Crippen LogP contribution >= 0.6 is 0 Å². The SMILES string of the molecule is CCOc1cc(C(=O)O)ccc1-c1nc(NN)c(N)c(=O)[nH]1. The predicted molar refractivity (Wildman–Crippen MR) is 80.6 cm³/mol. The summed E-state index contributed by atoms with van der Waals surface area (Å²) >= 11 is 0. The van der Waals surface area contributed by atoms with Crippen molar-refractivity contribution in [1.82, 2.24) is 9.97 Å². The van der Waals surface area contributed by atoms with E-state index >= 15 is 0 Å². The summed E-state index contributed by atoms with van der Waals surface area (Å²) < 4.78 is 5.42. The quantitative estimate of drug-likeness (QED) is 0.392. The number of hydrazine groups is 1. The third kappa shape index (κ3) is 2.83. The second-order valence-corrected chi connectivity index (χ2v) is 4.27. The van der Waals surface area contributed by atoms with Gasteiger partial charge in [0.05, 0.1) is 17.7 Å². The van der Waals surface area contributed by atoms with Gasteiger partial charge in [-0.25, -0.2) is 15.6 Å². The lowest BCUT2D eigenvalue weighted by Crippen LogP contribution is -2.20. The molecule has 2 aromatic rings. The summed E-state index contributed by atoms with van der Waals surface area (Å²) in [7, 11) is 0. The van der Waals surface area contributed by atoms with Crippen LogP contribution in [0.5, 0.6) is 5.75 Å². The van der Waals surface area contributed by atoms with Gasteiger partial charge in [0.1, 0.15) is 17.3 Å². The molecule has 0 aliphatic heterocycles. The highest BCUT2D eigenvalue weighted by Crippen LogP contribution is 2.29. The molecule has 9 nitrogen and oxygen atoms in total. The molecule has 7 N–H and O–H groups in total. The van der Waals surface area contributed by atoms with E-state index in [1.54, 1.807) is 6.92 Å². The van der Waals surface area contributed by atoms with E-state index in [0.717, 1.165) is 0 Å². The molecular formula is C13H15N5O4. The molecule has 0 aliphatic rings. The summed E-state index contributed by atoms with van der Waals surface area (Å²) in [5.41, 5.74) is 7.54. The van der Waals surface area contributed by atoms with Gasteiger partial charge in [-0.1, -0.05) is 0 Å². The van der Waals surface area contributed by atoms with Gasteiger partial charge in [0.15, 0.2) is 5.82 Å². The Morgan fingerprint density at radius 2 is 2.23 bits per heavy atom. The number of aromatic amines is 1. The first-order chi connectivity index (χ1) is 10.5. The van der Waals surface area contributed by atoms with E-state index in [2.05, 4.69) is 15.4 Å². The lowest BCUT2D eigenvalue weighted by molar-refractivity contribution is 0.0696. The second-order valence-electron chi connectivity index (χ2n) is 4.27. The van der Waals surface area contributed by atoms with E-state index in [9.17, 15) is 9.59 Å². The Morgan fingerprint density at radius 1 is 1.50 bits per heavy atom. The second kappa shape index (κ2) is 6.14. The average Bonchev–Trinajstić information content (AvgIpc) is 2.50. The molecule has 0 spiro atoms. The lowest BCUT2D eigenvalue weighted by atomic mass is 10.1. The van der Waals surface area contributed by atoms with Crippen molar-refractivity contribution in [2.45, 2.75) is 6.92 Å². The van der Waals surface area contributed by atoms with Gasteiger partial charge < -0.3 is 26.0 Å². The fourth-order valence-corrected chi connectivity index (χ4v) is 1.85. The Balaban J connectivity index is 2.63. The molecule has 0 unspecified atom stereocenters. The summed E-state index contributed by atoms with van der Waals surface area (Å²) in [6, 6.07) is 4.22. The maximum absolute atomic E-state index is 11.8. The van der Waals surface area contributed by atoms with Crippen molar-refractivity contribution >= 4 is 17.5 Å². The number of carboxylic acids is 1. The maximum Gasteiger partial charge on any atom is 0.335 e. The monoisotopic (exact) mass is 305 g/mol.